The smallest absolute Gasteiger partial charge is 0.330 e. The van der Waals surface area contributed by atoms with Crippen molar-refractivity contribution in [3.8, 4) is 0 Å². The van der Waals surface area contributed by atoms with E-state index in [9.17, 15) is 4.79 Å². The highest BCUT2D eigenvalue weighted by Gasteiger charge is 2.17. The predicted octanol–water partition coefficient (Wildman–Crippen LogP) is -0.407. The Morgan fingerprint density at radius 1 is 1.80 bits per heavy atom. The molecule has 1 aliphatic heterocycles. The lowest BCUT2D eigenvalue weighted by Gasteiger charge is -2.31. The summed E-state index contributed by atoms with van der Waals surface area (Å²) in [7, 11) is 1.94. The molecule has 5 heteroatoms. The molecule has 1 fully saturated rings. The lowest BCUT2D eigenvalue weighted by molar-refractivity contribution is -0.139. The fourth-order valence-corrected chi connectivity index (χ4v) is 1.33. The molecule has 0 aliphatic carbocycles. The van der Waals surface area contributed by atoms with Gasteiger partial charge in [-0.15, -0.1) is 0 Å². The standard InChI is InChI=1S/C10H18N2O3/c1-3-10(13)15-7-5-12(2)9-8-11-4-6-14-9/h3,9,11H,1,4-8H2,2H3. The van der Waals surface area contributed by atoms with Crippen LogP contribution in [0.1, 0.15) is 0 Å². The molecule has 1 rings (SSSR count). The minimum Gasteiger partial charge on any atom is -0.461 e. The Kier molecular flexibility index (Phi) is 5.31. The number of hydrogen-bond acceptors (Lipinski definition) is 5. The maximum absolute atomic E-state index is 10.8. The van der Waals surface area contributed by atoms with Crippen LogP contribution in [0, 0.1) is 0 Å². The molecule has 15 heavy (non-hydrogen) atoms. The largest absolute Gasteiger partial charge is 0.461 e. The zero-order chi connectivity index (χ0) is 11.1. The Balaban J connectivity index is 2.14. The number of carbonyl (C=O) groups excluding carboxylic acids is 1. The van der Waals surface area contributed by atoms with Crippen LogP contribution in [0.4, 0.5) is 0 Å². The number of rotatable bonds is 5. The highest BCUT2D eigenvalue weighted by atomic mass is 16.5. The van der Waals surface area contributed by atoms with E-state index in [4.69, 9.17) is 9.47 Å². The predicted molar refractivity (Wildman–Crippen MR) is 56.4 cm³/mol. The van der Waals surface area contributed by atoms with Gasteiger partial charge in [0, 0.05) is 25.7 Å². The van der Waals surface area contributed by atoms with Gasteiger partial charge in [0.25, 0.3) is 0 Å². The summed E-state index contributed by atoms with van der Waals surface area (Å²) in [6.07, 6.45) is 1.24. The van der Waals surface area contributed by atoms with Gasteiger partial charge in [0.15, 0.2) is 0 Å². The van der Waals surface area contributed by atoms with Gasteiger partial charge >= 0.3 is 5.97 Å². The molecule has 0 spiro atoms. The van der Waals surface area contributed by atoms with Gasteiger partial charge in [0.1, 0.15) is 12.8 Å². The molecule has 0 amide bonds. The monoisotopic (exact) mass is 214 g/mol. The summed E-state index contributed by atoms with van der Waals surface area (Å²) in [5.41, 5.74) is 0. The van der Waals surface area contributed by atoms with E-state index in [2.05, 4.69) is 11.9 Å². The van der Waals surface area contributed by atoms with Gasteiger partial charge in [-0.2, -0.15) is 0 Å². The normalized spacial score (nSPS) is 21.3. The van der Waals surface area contributed by atoms with Gasteiger partial charge in [0.05, 0.1) is 6.61 Å². The van der Waals surface area contributed by atoms with Crippen molar-refractivity contribution in [2.24, 2.45) is 0 Å². The Labute approximate surface area is 90.0 Å². The number of nitrogens with zero attached hydrogens (tertiary/aromatic N) is 1. The van der Waals surface area contributed by atoms with E-state index in [1.807, 2.05) is 11.9 Å². The van der Waals surface area contributed by atoms with Crippen LogP contribution >= 0.6 is 0 Å². The molecule has 1 atom stereocenters. The molecule has 0 saturated carbocycles. The molecule has 1 unspecified atom stereocenters. The average Bonchev–Trinajstić information content (AvgIpc) is 2.29. The molecule has 0 aromatic heterocycles. The van der Waals surface area contributed by atoms with Gasteiger partial charge in [-0.05, 0) is 7.05 Å². The SMILES string of the molecule is C=CC(=O)OCCN(C)C1CNCCO1. The number of hydrogen-bond donors (Lipinski definition) is 1. The van der Waals surface area contributed by atoms with Gasteiger partial charge < -0.3 is 14.8 Å². The van der Waals surface area contributed by atoms with Crippen LogP contribution in [0.2, 0.25) is 0 Å². The molecule has 5 nitrogen and oxygen atoms in total. The van der Waals surface area contributed by atoms with Crippen molar-refractivity contribution >= 4 is 5.97 Å². The first-order chi connectivity index (χ1) is 7.24. The second-order valence-electron chi connectivity index (χ2n) is 3.38. The second kappa shape index (κ2) is 6.55. The van der Waals surface area contributed by atoms with Crippen molar-refractivity contribution in [2.45, 2.75) is 6.23 Å². The van der Waals surface area contributed by atoms with Crippen LogP contribution in [-0.2, 0) is 14.3 Å². The highest BCUT2D eigenvalue weighted by molar-refractivity contribution is 5.81. The zero-order valence-corrected chi connectivity index (χ0v) is 9.07. The Morgan fingerprint density at radius 3 is 3.20 bits per heavy atom. The van der Waals surface area contributed by atoms with Crippen LogP contribution in [0.25, 0.3) is 0 Å². The van der Waals surface area contributed by atoms with Crippen molar-refractivity contribution in [3.05, 3.63) is 12.7 Å². The average molecular weight is 214 g/mol. The van der Waals surface area contributed by atoms with Crippen molar-refractivity contribution in [1.29, 1.82) is 0 Å². The third-order valence-corrected chi connectivity index (χ3v) is 2.25. The molecule has 0 bridgehead atoms. The van der Waals surface area contributed by atoms with Crippen LogP contribution in [0.5, 0.6) is 0 Å². The fraction of sp³-hybridized carbons (Fsp3) is 0.700. The van der Waals surface area contributed by atoms with Gasteiger partial charge in [-0.3, -0.25) is 4.90 Å². The molecular formula is C10H18N2O3. The topological polar surface area (TPSA) is 50.8 Å². The summed E-state index contributed by atoms with van der Waals surface area (Å²) in [6, 6.07) is 0. The van der Waals surface area contributed by atoms with Crippen molar-refractivity contribution in [3.63, 3.8) is 0 Å². The number of morpholine rings is 1. The molecule has 0 aromatic carbocycles. The Bertz CT molecular complexity index is 215. The van der Waals surface area contributed by atoms with E-state index in [-0.39, 0.29) is 12.2 Å². The fourth-order valence-electron chi connectivity index (χ4n) is 1.33. The first-order valence-electron chi connectivity index (χ1n) is 5.06. The molecule has 1 aliphatic rings. The van der Waals surface area contributed by atoms with Crippen molar-refractivity contribution in [1.82, 2.24) is 10.2 Å². The van der Waals surface area contributed by atoms with Crippen LogP contribution in [0.15, 0.2) is 12.7 Å². The van der Waals surface area contributed by atoms with E-state index in [0.717, 1.165) is 19.7 Å². The first-order valence-corrected chi connectivity index (χ1v) is 5.06. The maximum Gasteiger partial charge on any atom is 0.330 e. The third-order valence-electron chi connectivity index (χ3n) is 2.25. The first kappa shape index (κ1) is 12.2. The zero-order valence-electron chi connectivity index (χ0n) is 9.07. The summed E-state index contributed by atoms with van der Waals surface area (Å²) in [5.74, 6) is -0.383. The molecule has 0 radical (unpaired) electrons. The molecule has 1 heterocycles. The van der Waals surface area contributed by atoms with Gasteiger partial charge in [0.2, 0.25) is 0 Å². The van der Waals surface area contributed by atoms with Gasteiger partial charge in [-0.1, -0.05) is 6.58 Å². The number of carbonyl (C=O) groups is 1. The molecule has 0 aromatic rings. The van der Waals surface area contributed by atoms with Gasteiger partial charge in [-0.25, -0.2) is 4.79 Å². The lowest BCUT2D eigenvalue weighted by atomic mass is 10.4. The van der Waals surface area contributed by atoms with Crippen LogP contribution in [-0.4, -0.2) is 57.0 Å². The molecule has 1 saturated heterocycles. The number of esters is 1. The molecule has 86 valence electrons. The summed E-state index contributed by atoms with van der Waals surface area (Å²) in [4.78, 5) is 12.8. The van der Waals surface area contributed by atoms with Crippen LogP contribution in [0.3, 0.4) is 0 Å². The highest BCUT2D eigenvalue weighted by Crippen LogP contribution is 2.00. The lowest BCUT2D eigenvalue weighted by Crippen LogP contribution is -2.48. The Morgan fingerprint density at radius 2 is 2.60 bits per heavy atom. The summed E-state index contributed by atoms with van der Waals surface area (Å²) in [6.45, 7) is 6.78. The van der Waals surface area contributed by atoms with Crippen molar-refractivity contribution < 1.29 is 14.3 Å². The van der Waals surface area contributed by atoms with E-state index in [1.165, 1.54) is 6.08 Å². The minimum atomic E-state index is -0.383. The number of ether oxygens (including phenoxy) is 2. The van der Waals surface area contributed by atoms with Crippen molar-refractivity contribution in [2.75, 3.05) is 39.9 Å². The summed E-state index contributed by atoms with van der Waals surface area (Å²) < 4.78 is 10.4. The van der Waals surface area contributed by atoms with Crippen LogP contribution < -0.4 is 5.32 Å². The number of nitrogens with one attached hydrogen (secondary N) is 1. The van der Waals surface area contributed by atoms with E-state index in [0.29, 0.717) is 13.2 Å². The molecule has 1 N–H and O–H groups in total. The maximum atomic E-state index is 10.8. The summed E-state index contributed by atoms with van der Waals surface area (Å²) in [5, 5.41) is 3.24. The minimum absolute atomic E-state index is 0.0705. The second-order valence-corrected chi connectivity index (χ2v) is 3.38. The van der Waals surface area contributed by atoms with E-state index in [1.54, 1.807) is 0 Å². The third kappa shape index (κ3) is 4.42. The van der Waals surface area contributed by atoms with E-state index < -0.39 is 0 Å². The Hall–Kier alpha value is -0.910. The van der Waals surface area contributed by atoms with E-state index >= 15 is 0 Å². The number of likely N-dealkylation sites (N-methyl/N-ethyl adjacent to an activating group) is 1. The molecular weight excluding hydrogens is 196 g/mol. The quantitative estimate of drug-likeness (QED) is 0.498. The summed E-state index contributed by atoms with van der Waals surface area (Å²) >= 11 is 0.